The van der Waals surface area contributed by atoms with E-state index >= 15 is 0 Å². The number of phenols is 1. The molecule has 0 saturated heterocycles. The Kier molecular flexibility index (Phi) is 4.85. The van der Waals surface area contributed by atoms with Crippen molar-refractivity contribution in [3.05, 3.63) is 52.8 Å². The molecule has 1 heterocycles. The van der Waals surface area contributed by atoms with Crippen molar-refractivity contribution in [2.75, 3.05) is 5.32 Å². The average Bonchev–Trinajstić information content (AvgIpc) is 2.42. The van der Waals surface area contributed by atoms with E-state index in [9.17, 15) is 5.11 Å². The second kappa shape index (κ2) is 6.62. The van der Waals surface area contributed by atoms with Crippen molar-refractivity contribution < 1.29 is 5.11 Å². The van der Waals surface area contributed by atoms with Gasteiger partial charge in [-0.3, -0.25) is 0 Å². The quantitative estimate of drug-likeness (QED) is 0.812. The highest BCUT2D eigenvalue weighted by atomic mass is 35.5. The van der Waals surface area contributed by atoms with Crippen LogP contribution in [-0.2, 0) is 6.42 Å². The van der Waals surface area contributed by atoms with E-state index < -0.39 is 0 Å². The number of phenolic OH excluding ortho intramolecular Hbond substituents is 1. The van der Waals surface area contributed by atoms with Crippen LogP contribution in [0, 0.1) is 6.92 Å². The largest absolute Gasteiger partial charge is 0.508 e. The van der Waals surface area contributed by atoms with Crippen molar-refractivity contribution in [2.45, 2.75) is 32.7 Å². The third-order valence-corrected chi connectivity index (χ3v) is 3.48. The molecule has 2 aromatic rings. The molecule has 1 unspecified atom stereocenters. The van der Waals surface area contributed by atoms with Crippen LogP contribution in [0.1, 0.15) is 24.5 Å². The predicted molar refractivity (Wildman–Crippen MR) is 83.5 cm³/mol. The number of aromatic nitrogens is 1. The average molecular weight is 291 g/mol. The molecular formula is C16H19ClN2O. The van der Waals surface area contributed by atoms with Gasteiger partial charge >= 0.3 is 0 Å². The minimum Gasteiger partial charge on any atom is -0.508 e. The van der Waals surface area contributed by atoms with E-state index in [-0.39, 0.29) is 0 Å². The van der Waals surface area contributed by atoms with Crippen LogP contribution in [0.4, 0.5) is 5.69 Å². The molecule has 0 aliphatic carbocycles. The Hall–Kier alpha value is -1.74. The Labute approximate surface area is 124 Å². The number of halogens is 1. The van der Waals surface area contributed by atoms with E-state index in [4.69, 9.17) is 11.6 Å². The molecule has 3 nitrogen and oxygen atoms in total. The summed E-state index contributed by atoms with van der Waals surface area (Å²) in [6.45, 7) is 4.12. The summed E-state index contributed by atoms with van der Waals surface area (Å²) in [5.41, 5.74) is 3.18. The first-order valence-corrected chi connectivity index (χ1v) is 7.09. The molecule has 0 aliphatic heterocycles. The van der Waals surface area contributed by atoms with Crippen molar-refractivity contribution in [3.8, 4) is 5.75 Å². The van der Waals surface area contributed by atoms with Crippen LogP contribution in [0.3, 0.4) is 0 Å². The van der Waals surface area contributed by atoms with Crippen molar-refractivity contribution in [1.29, 1.82) is 0 Å². The van der Waals surface area contributed by atoms with E-state index in [2.05, 4.69) is 17.2 Å². The Morgan fingerprint density at radius 2 is 2.00 bits per heavy atom. The fraction of sp³-hybridized carbons (Fsp3) is 0.312. The SMILES string of the molecule is Cc1cnc(Cl)c(NC(C)CCc2ccc(O)cc2)c1. The van der Waals surface area contributed by atoms with Gasteiger partial charge < -0.3 is 10.4 Å². The van der Waals surface area contributed by atoms with Gasteiger partial charge in [-0.15, -0.1) is 0 Å². The zero-order valence-corrected chi connectivity index (χ0v) is 12.5. The molecule has 0 amide bonds. The number of hydrogen-bond acceptors (Lipinski definition) is 3. The molecule has 2 N–H and O–H groups in total. The van der Waals surface area contributed by atoms with Gasteiger partial charge in [-0.25, -0.2) is 4.98 Å². The van der Waals surface area contributed by atoms with Crippen LogP contribution in [0.25, 0.3) is 0 Å². The van der Waals surface area contributed by atoms with E-state index in [1.807, 2.05) is 25.1 Å². The van der Waals surface area contributed by atoms with Gasteiger partial charge in [-0.05, 0) is 56.0 Å². The van der Waals surface area contributed by atoms with Crippen LogP contribution in [0.5, 0.6) is 5.75 Å². The molecule has 4 heteroatoms. The molecule has 0 aliphatic rings. The van der Waals surface area contributed by atoms with Gasteiger partial charge in [-0.2, -0.15) is 0 Å². The fourth-order valence-electron chi connectivity index (χ4n) is 2.04. The van der Waals surface area contributed by atoms with Crippen molar-refractivity contribution in [2.24, 2.45) is 0 Å². The standard InChI is InChI=1S/C16H19ClN2O/c1-11-9-15(16(17)18-10-11)19-12(2)3-4-13-5-7-14(20)8-6-13/h5-10,12,19-20H,3-4H2,1-2H3. The lowest BCUT2D eigenvalue weighted by Crippen LogP contribution is -2.16. The van der Waals surface area contributed by atoms with Crippen LogP contribution in [0.15, 0.2) is 36.5 Å². The Bertz CT molecular complexity index is 569. The highest BCUT2D eigenvalue weighted by Crippen LogP contribution is 2.21. The monoisotopic (exact) mass is 290 g/mol. The molecule has 2 rings (SSSR count). The lowest BCUT2D eigenvalue weighted by atomic mass is 10.1. The Morgan fingerprint density at radius 3 is 2.70 bits per heavy atom. The highest BCUT2D eigenvalue weighted by molar-refractivity contribution is 6.31. The summed E-state index contributed by atoms with van der Waals surface area (Å²) in [7, 11) is 0. The highest BCUT2D eigenvalue weighted by Gasteiger charge is 2.07. The summed E-state index contributed by atoms with van der Waals surface area (Å²) >= 11 is 6.07. The molecule has 20 heavy (non-hydrogen) atoms. The van der Waals surface area contributed by atoms with E-state index in [0.29, 0.717) is 16.9 Å². The smallest absolute Gasteiger partial charge is 0.152 e. The summed E-state index contributed by atoms with van der Waals surface area (Å²) in [5.74, 6) is 0.303. The molecule has 106 valence electrons. The molecule has 0 radical (unpaired) electrons. The minimum absolute atomic E-state index is 0.296. The molecule has 1 aromatic heterocycles. The first-order valence-electron chi connectivity index (χ1n) is 6.71. The van der Waals surface area contributed by atoms with Crippen molar-refractivity contribution >= 4 is 17.3 Å². The number of aryl methyl sites for hydroxylation is 2. The number of anilines is 1. The summed E-state index contributed by atoms with van der Waals surface area (Å²) in [4.78, 5) is 4.13. The van der Waals surface area contributed by atoms with Gasteiger partial charge in [0.25, 0.3) is 0 Å². The minimum atomic E-state index is 0.296. The molecule has 1 aromatic carbocycles. The fourth-order valence-corrected chi connectivity index (χ4v) is 2.20. The maximum atomic E-state index is 9.25. The molecule has 0 bridgehead atoms. The summed E-state index contributed by atoms with van der Waals surface area (Å²) in [6.07, 6.45) is 3.69. The maximum Gasteiger partial charge on any atom is 0.152 e. The molecule has 0 saturated carbocycles. The molecule has 0 fully saturated rings. The topological polar surface area (TPSA) is 45.2 Å². The van der Waals surface area contributed by atoms with Crippen molar-refractivity contribution in [1.82, 2.24) is 4.98 Å². The van der Waals surface area contributed by atoms with Gasteiger partial charge in [0.1, 0.15) is 5.75 Å². The lowest BCUT2D eigenvalue weighted by Gasteiger charge is -2.16. The number of rotatable bonds is 5. The number of benzene rings is 1. The second-order valence-corrected chi connectivity index (χ2v) is 5.46. The third kappa shape index (κ3) is 4.14. The summed E-state index contributed by atoms with van der Waals surface area (Å²) in [6, 6.07) is 9.63. The number of hydrogen-bond donors (Lipinski definition) is 2. The number of aromatic hydroxyl groups is 1. The lowest BCUT2D eigenvalue weighted by molar-refractivity contribution is 0.475. The van der Waals surface area contributed by atoms with Crippen LogP contribution in [0.2, 0.25) is 5.15 Å². The van der Waals surface area contributed by atoms with Crippen LogP contribution < -0.4 is 5.32 Å². The molecule has 1 atom stereocenters. The Balaban J connectivity index is 1.90. The van der Waals surface area contributed by atoms with Crippen molar-refractivity contribution in [3.63, 3.8) is 0 Å². The van der Waals surface area contributed by atoms with E-state index in [0.717, 1.165) is 24.1 Å². The summed E-state index contributed by atoms with van der Waals surface area (Å²) in [5, 5.41) is 13.1. The van der Waals surface area contributed by atoms with Gasteiger partial charge in [0.15, 0.2) is 5.15 Å². The maximum absolute atomic E-state index is 9.25. The zero-order chi connectivity index (χ0) is 14.5. The Morgan fingerprint density at radius 1 is 1.30 bits per heavy atom. The second-order valence-electron chi connectivity index (χ2n) is 5.10. The third-order valence-electron chi connectivity index (χ3n) is 3.18. The van der Waals surface area contributed by atoms with Crippen LogP contribution in [-0.4, -0.2) is 16.1 Å². The number of nitrogens with zero attached hydrogens (tertiary/aromatic N) is 1. The van der Waals surface area contributed by atoms with E-state index in [1.54, 1.807) is 18.3 Å². The van der Waals surface area contributed by atoms with Gasteiger partial charge in [0.05, 0.1) is 5.69 Å². The normalized spacial score (nSPS) is 12.2. The first-order chi connectivity index (χ1) is 9.54. The zero-order valence-electron chi connectivity index (χ0n) is 11.7. The van der Waals surface area contributed by atoms with Crippen LogP contribution >= 0.6 is 11.6 Å². The predicted octanol–water partition coefficient (Wildman–Crippen LogP) is 4.18. The van der Waals surface area contributed by atoms with E-state index in [1.165, 1.54) is 5.56 Å². The number of nitrogens with one attached hydrogen (secondary N) is 1. The first kappa shape index (κ1) is 14.7. The number of pyridine rings is 1. The van der Waals surface area contributed by atoms with Gasteiger partial charge in [0.2, 0.25) is 0 Å². The summed E-state index contributed by atoms with van der Waals surface area (Å²) < 4.78 is 0. The molecular weight excluding hydrogens is 272 g/mol. The molecule has 0 spiro atoms. The van der Waals surface area contributed by atoms with Gasteiger partial charge in [0, 0.05) is 12.2 Å². The van der Waals surface area contributed by atoms with Gasteiger partial charge in [-0.1, -0.05) is 23.7 Å².